The lowest BCUT2D eigenvalue weighted by Gasteiger charge is -2.41. The molecule has 6 atom stereocenters. The van der Waals surface area contributed by atoms with Gasteiger partial charge in [-0.3, -0.25) is 9.35 Å². The molecule has 0 bridgehead atoms. The standard InChI is InChI=1S/C57H96O12S/c1-3-5-7-9-11-13-15-17-19-21-23-25-27-29-31-33-35-37-39-41-43-45-47-65-49-51(50-66-57-55(61)56(69-70(62,63)64)54(60)52(48-58)68-57)67-53(59)46-44-42-40-38-36-34-32-30-28-26-24-22-20-18-16-14-12-10-8-6-4-2/h5-8,11-14,17-20,23-26,51-52,54-58,60-61H,3-4,9-10,15-16,21-22,27-50H2,1-2H3,(H,62,63,64)/b7-5-,8-6-,13-11-,14-12-,19-17-,20-18-,25-23-,26-24-. The van der Waals surface area contributed by atoms with E-state index in [-0.39, 0.29) is 19.6 Å². The van der Waals surface area contributed by atoms with E-state index in [0.29, 0.717) is 13.0 Å². The number of aliphatic hydroxyl groups excluding tert-OH is 3. The van der Waals surface area contributed by atoms with Gasteiger partial charge in [-0.2, -0.15) is 8.42 Å². The topological polar surface area (TPSA) is 178 Å². The highest BCUT2D eigenvalue weighted by atomic mass is 32.3. The smallest absolute Gasteiger partial charge is 0.397 e. The van der Waals surface area contributed by atoms with Crippen LogP contribution in [0.15, 0.2) is 97.2 Å². The van der Waals surface area contributed by atoms with Crippen molar-refractivity contribution in [2.24, 2.45) is 0 Å². The molecule has 402 valence electrons. The van der Waals surface area contributed by atoms with E-state index in [1.54, 1.807) is 0 Å². The van der Waals surface area contributed by atoms with Crippen LogP contribution in [0.5, 0.6) is 0 Å². The van der Waals surface area contributed by atoms with Gasteiger partial charge in [0.05, 0.1) is 19.8 Å². The number of hydrogen-bond acceptors (Lipinski definition) is 11. The highest BCUT2D eigenvalue weighted by Gasteiger charge is 2.48. The minimum atomic E-state index is -5.07. The first kappa shape index (κ1) is 65.0. The van der Waals surface area contributed by atoms with Crippen LogP contribution in [0.25, 0.3) is 0 Å². The van der Waals surface area contributed by atoms with Crippen molar-refractivity contribution in [3.63, 3.8) is 0 Å². The second-order valence-corrected chi connectivity index (χ2v) is 19.1. The predicted octanol–water partition coefficient (Wildman–Crippen LogP) is 13.0. The molecule has 1 rings (SSSR count). The highest BCUT2D eigenvalue weighted by molar-refractivity contribution is 7.80. The van der Waals surface area contributed by atoms with Gasteiger partial charge >= 0.3 is 16.4 Å². The summed E-state index contributed by atoms with van der Waals surface area (Å²) in [4.78, 5) is 12.9. The summed E-state index contributed by atoms with van der Waals surface area (Å²) in [6, 6.07) is 0. The fraction of sp³-hybridized carbons (Fsp3) is 0.702. The van der Waals surface area contributed by atoms with Crippen molar-refractivity contribution in [2.75, 3.05) is 26.4 Å². The third-order valence-electron chi connectivity index (χ3n) is 11.7. The normalized spacial score (nSPS) is 19.9. The number of hydrogen-bond donors (Lipinski definition) is 4. The third kappa shape index (κ3) is 39.6. The fourth-order valence-electron chi connectivity index (χ4n) is 7.71. The number of rotatable bonds is 46. The van der Waals surface area contributed by atoms with Gasteiger partial charge in [0, 0.05) is 13.0 Å². The first-order valence-electron chi connectivity index (χ1n) is 27.0. The molecule has 1 fully saturated rings. The van der Waals surface area contributed by atoms with Crippen molar-refractivity contribution in [2.45, 2.75) is 230 Å². The molecule has 0 saturated carbocycles. The molecule has 12 nitrogen and oxygen atoms in total. The van der Waals surface area contributed by atoms with E-state index in [2.05, 4.69) is 115 Å². The monoisotopic (exact) mass is 1000 g/mol. The van der Waals surface area contributed by atoms with E-state index >= 15 is 0 Å². The SMILES string of the molecule is CC/C=C\C/C=C\C/C=C\C/C=C\CCCCCCCCCCCOCC(COC1OC(CO)C(O)C(OS(=O)(=O)O)C1O)OC(=O)CCCCCCCCCC/C=C\C/C=C\C/C=C\C/C=C\CC. The van der Waals surface area contributed by atoms with Gasteiger partial charge in [0.2, 0.25) is 0 Å². The summed E-state index contributed by atoms with van der Waals surface area (Å²) >= 11 is 0. The predicted molar refractivity (Wildman–Crippen MR) is 285 cm³/mol. The highest BCUT2D eigenvalue weighted by Crippen LogP contribution is 2.26. The van der Waals surface area contributed by atoms with Gasteiger partial charge in [-0.25, -0.2) is 4.18 Å². The maximum atomic E-state index is 12.9. The molecule has 1 aliphatic heterocycles. The summed E-state index contributed by atoms with van der Waals surface area (Å²) in [7, 11) is -5.07. The Hall–Kier alpha value is -2.98. The van der Waals surface area contributed by atoms with Crippen LogP contribution < -0.4 is 0 Å². The first-order valence-corrected chi connectivity index (χ1v) is 28.4. The number of allylic oxidation sites excluding steroid dienone is 16. The summed E-state index contributed by atoms with van der Waals surface area (Å²) < 4.78 is 59.3. The number of carbonyl (C=O) groups excluding carboxylic acids is 1. The molecule has 1 saturated heterocycles. The van der Waals surface area contributed by atoms with Gasteiger partial charge in [-0.15, -0.1) is 0 Å². The average molecular weight is 1010 g/mol. The quantitative estimate of drug-likeness (QED) is 0.0197. The zero-order valence-electron chi connectivity index (χ0n) is 43.3. The molecule has 0 spiro atoms. The van der Waals surface area contributed by atoms with Crippen molar-refractivity contribution in [3.05, 3.63) is 97.2 Å². The Morgan fingerprint density at radius 2 is 0.943 bits per heavy atom. The van der Waals surface area contributed by atoms with Crippen molar-refractivity contribution in [1.29, 1.82) is 0 Å². The van der Waals surface area contributed by atoms with Crippen LogP contribution in [0.4, 0.5) is 0 Å². The molecule has 0 aromatic carbocycles. The van der Waals surface area contributed by atoms with Crippen molar-refractivity contribution in [3.8, 4) is 0 Å². The minimum Gasteiger partial charge on any atom is -0.457 e. The Morgan fingerprint density at radius 3 is 1.37 bits per heavy atom. The molecule has 4 N–H and O–H groups in total. The van der Waals surface area contributed by atoms with Gasteiger partial charge in [-0.05, 0) is 89.9 Å². The van der Waals surface area contributed by atoms with Crippen LogP contribution in [0.3, 0.4) is 0 Å². The summed E-state index contributed by atoms with van der Waals surface area (Å²) in [5.41, 5.74) is 0. The Balaban J connectivity index is 2.35. The lowest BCUT2D eigenvalue weighted by Crippen LogP contribution is -2.60. The molecule has 0 aromatic rings. The minimum absolute atomic E-state index is 0.0226. The van der Waals surface area contributed by atoms with Gasteiger partial charge in [0.15, 0.2) is 6.29 Å². The fourth-order valence-corrected chi connectivity index (χ4v) is 8.22. The van der Waals surface area contributed by atoms with Gasteiger partial charge < -0.3 is 34.3 Å². The van der Waals surface area contributed by atoms with Crippen molar-refractivity contribution < 1.29 is 56.2 Å². The van der Waals surface area contributed by atoms with Crippen molar-refractivity contribution >= 4 is 16.4 Å². The molecule has 0 radical (unpaired) electrons. The van der Waals surface area contributed by atoms with Gasteiger partial charge in [0.1, 0.15) is 30.5 Å². The molecular weight excluding hydrogens is 909 g/mol. The Kier molecular flexibility index (Phi) is 43.7. The Bertz CT molecular complexity index is 1580. The maximum Gasteiger partial charge on any atom is 0.397 e. The van der Waals surface area contributed by atoms with E-state index < -0.39 is 59.8 Å². The van der Waals surface area contributed by atoms with Crippen LogP contribution in [-0.4, -0.2) is 97.5 Å². The molecule has 6 unspecified atom stereocenters. The van der Waals surface area contributed by atoms with Crippen LogP contribution >= 0.6 is 0 Å². The van der Waals surface area contributed by atoms with Crippen LogP contribution in [0, 0.1) is 0 Å². The zero-order valence-corrected chi connectivity index (χ0v) is 44.1. The number of esters is 1. The zero-order chi connectivity index (χ0) is 51.0. The lowest BCUT2D eigenvalue weighted by atomic mass is 9.99. The summed E-state index contributed by atoms with van der Waals surface area (Å²) in [5.74, 6) is -0.413. The third-order valence-corrected chi connectivity index (χ3v) is 12.2. The van der Waals surface area contributed by atoms with Gasteiger partial charge in [0.25, 0.3) is 0 Å². The Labute approximate surface area is 425 Å². The van der Waals surface area contributed by atoms with Gasteiger partial charge in [-0.1, -0.05) is 195 Å². The second-order valence-electron chi connectivity index (χ2n) is 18.1. The molecule has 70 heavy (non-hydrogen) atoms. The largest absolute Gasteiger partial charge is 0.457 e. The Morgan fingerprint density at radius 1 is 0.543 bits per heavy atom. The van der Waals surface area contributed by atoms with E-state index in [9.17, 15) is 33.1 Å². The summed E-state index contributed by atoms with van der Waals surface area (Å²) in [6.07, 6.45) is 55.7. The number of carbonyl (C=O) groups is 1. The maximum absolute atomic E-state index is 12.9. The first-order chi connectivity index (χ1) is 34.1. The van der Waals surface area contributed by atoms with E-state index in [1.165, 1.54) is 64.2 Å². The average Bonchev–Trinajstić information content (AvgIpc) is 3.34. The molecular formula is C57H96O12S. The van der Waals surface area contributed by atoms with Crippen molar-refractivity contribution in [1.82, 2.24) is 0 Å². The van der Waals surface area contributed by atoms with Crippen LogP contribution in [0.2, 0.25) is 0 Å². The molecule has 0 aliphatic carbocycles. The number of aliphatic hydroxyl groups is 3. The van der Waals surface area contributed by atoms with E-state index in [1.807, 2.05) is 0 Å². The molecule has 1 aliphatic rings. The molecule has 1 heterocycles. The molecule has 0 aromatic heterocycles. The number of unbranched alkanes of at least 4 members (excludes halogenated alkanes) is 17. The van der Waals surface area contributed by atoms with Crippen LogP contribution in [-0.2, 0) is 38.3 Å². The summed E-state index contributed by atoms with van der Waals surface area (Å²) in [6.45, 7) is 3.74. The lowest BCUT2D eigenvalue weighted by molar-refractivity contribution is -0.301. The number of ether oxygens (including phenoxy) is 4. The summed E-state index contributed by atoms with van der Waals surface area (Å²) in [5, 5.41) is 30.8. The van der Waals surface area contributed by atoms with Crippen LogP contribution in [0.1, 0.15) is 194 Å². The second kappa shape index (κ2) is 47.1. The van der Waals surface area contributed by atoms with E-state index in [4.69, 9.17) is 18.9 Å². The molecule has 0 amide bonds. The molecule has 13 heteroatoms. The van der Waals surface area contributed by atoms with E-state index in [0.717, 1.165) is 103 Å².